The number of urea groups is 1. The van der Waals surface area contributed by atoms with Crippen molar-refractivity contribution in [2.24, 2.45) is 0 Å². The maximum absolute atomic E-state index is 11.9. The van der Waals surface area contributed by atoms with Crippen LogP contribution < -0.4 is 10.6 Å². The molecular formula is C19H29N3O2. The third-order valence-electron chi connectivity index (χ3n) is 4.68. The average Bonchev–Trinajstić information content (AvgIpc) is 2.56. The highest BCUT2D eigenvalue weighted by atomic mass is 16.2. The van der Waals surface area contributed by atoms with Gasteiger partial charge in [0, 0.05) is 32.6 Å². The van der Waals surface area contributed by atoms with Crippen molar-refractivity contribution in [3.05, 3.63) is 35.4 Å². The van der Waals surface area contributed by atoms with Crippen molar-refractivity contribution in [3.63, 3.8) is 0 Å². The van der Waals surface area contributed by atoms with Gasteiger partial charge in [0.2, 0.25) is 5.91 Å². The minimum absolute atomic E-state index is 0.0211. The fourth-order valence-corrected chi connectivity index (χ4v) is 3.13. The summed E-state index contributed by atoms with van der Waals surface area (Å²) < 4.78 is 0. The molecule has 1 saturated carbocycles. The van der Waals surface area contributed by atoms with Crippen molar-refractivity contribution in [1.29, 1.82) is 0 Å². The molecule has 0 heterocycles. The average molecular weight is 331 g/mol. The van der Waals surface area contributed by atoms with Crippen molar-refractivity contribution in [2.75, 3.05) is 13.1 Å². The van der Waals surface area contributed by atoms with Gasteiger partial charge in [0.1, 0.15) is 0 Å². The van der Waals surface area contributed by atoms with Gasteiger partial charge in [-0.05, 0) is 30.9 Å². The molecule has 0 spiro atoms. The molecule has 1 aromatic rings. The first-order chi connectivity index (χ1) is 11.6. The second-order valence-corrected chi connectivity index (χ2v) is 6.60. The van der Waals surface area contributed by atoms with Crippen LogP contribution in [-0.2, 0) is 11.3 Å². The molecule has 24 heavy (non-hydrogen) atoms. The first-order valence-electron chi connectivity index (χ1n) is 8.90. The van der Waals surface area contributed by atoms with Crippen LogP contribution >= 0.6 is 0 Å². The lowest BCUT2D eigenvalue weighted by Gasteiger charge is -2.24. The largest absolute Gasteiger partial charge is 0.337 e. The Balaban J connectivity index is 1.76. The number of carbonyl (C=O) groups is 2. The topological polar surface area (TPSA) is 61.4 Å². The molecule has 0 atom stereocenters. The summed E-state index contributed by atoms with van der Waals surface area (Å²) in [5.74, 6) is 0.0211. The third kappa shape index (κ3) is 5.87. The van der Waals surface area contributed by atoms with E-state index in [9.17, 15) is 9.59 Å². The van der Waals surface area contributed by atoms with E-state index in [1.165, 1.54) is 24.8 Å². The Hall–Kier alpha value is -2.04. The molecule has 3 amide bonds. The molecule has 0 unspecified atom stereocenters. The first-order valence-corrected chi connectivity index (χ1v) is 8.90. The quantitative estimate of drug-likeness (QED) is 0.842. The van der Waals surface area contributed by atoms with E-state index in [1.54, 1.807) is 11.8 Å². The number of hydrogen-bond acceptors (Lipinski definition) is 2. The van der Waals surface area contributed by atoms with Crippen molar-refractivity contribution in [1.82, 2.24) is 15.5 Å². The molecule has 0 aromatic heterocycles. The molecule has 2 rings (SSSR count). The molecule has 5 nitrogen and oxygen atoms in total. The van der Waals surface area contributed by atoms with E-state index in [-0.39, 0.29) is 11.9 Å². The summed E-state index contributed by atoms with van der Waals surface area (Å²) in [5.41, 5.74) is 2.31. The Bertz CT molecular complexity index is 553. The zero-order valence-electron chi connectivity index (χ0n) is 14.8. The maximum Gasteiger partial charge on any atom is 0.315 e. The fourth-order valence-electron chi connectivity index (χ4n) is 3.13. The summed E-state index contributed by atoms with van der Waals surface area (Å²) in [6.07, 6.45) is 5.80. The number of nitrogens with zero attached hydrogens (tertiary/aromatic N) is 1. The van der Waals surface area contributed by atoms with Gasteiger partial charge in [-0.15, -0.1) is 0 Å². The monoisotopic (exact) mass is 331 g/mol. The van der Waals surface area contributed by atoms with Crippen LogP contribution in [0.2, 0.25) is 0 Å². The van der Waals surface area contributed by atoms with Crippen LogP contribution in [0.4, 0.5) is 4.79 Å². The minimum Gasteiger partial charge on any atom is -0.337 e. The zero-order chi connectivity index (χ0) is 17.4. The van der Waals surface area contributed by atoms with Gasteiger partial charge in [-0.2, -0.15) is 0 Å². The van der Waals surface area contributed by atoms with E-state index in [0.29, 0.717) is 25.7 Å². The molecule has 0 aliphatic heterocycles. The lowest BCUT2D eigenvalue weighted by atomic mass is 9.96. The molecule has 2 N–H and O–H groups in total. The lowest BCUT2D eigenvalue weighted by Crippen LogP contribution is -2.45. The molecule has 1 fully saturated rings. The van der Waals surface area contributed by atoms with E-state index in [4.69, 9.17) is 0 Å². The summed E-state index contributed by atoms with van der Waals surface area (Å²) in [7, 11) is 0. The number of benzene rings is 1. The van der Waals surface area contributed by atoms with E-state index in [1.807, 2.05) is 31.2 Å². The van der Waals surface area contributed by atoms with Gasteiger partial charge in [-0.3, -0.25) is 4.79 Å². The van der Waals surface area contributed by atoms with Gasteiger partial charge in [-0.25, -0.2) is 4.79 Å². The summed E-state index contributed by atoms with van der Waals surface area (Å²) in [4.78, 5) is 25.6. The SMILES string of the molecule is CC(=O)N(CCNC(=O)NC1CCCCC1)Cc1ccccc1C. The predicted octanol–water partition coefficient (Wildman–Crippen LogP) is 2.98. The van der Waals surface area contributed by atoms with Crippen LogP contribution in [0.1, 0.15) is 50.2 Å². The van der Waals surface area contributed by atoms with Gasteiger partial charge < -0.3 is 15.5 Å². The summed E-state index contributed by atoms with van der Waals surface area (Å²) in [6.45, 7) is 5.17. The van der Waals surface area contributed by atoms with Crippen molar-refractivity contribution in [2.45, 2.75) is 58.5 Å². The number of rotatable bonds is 6. The smallest absolute Gasteiger partial charge is 0.315 e. The number of amides is 3. The van der Waals surface area contributed by atoms with Gasteiger partial charge >= 0.3 is 6.03 Å². The Morgan fingerprint density at radius 1 is 1.17 bits per heavy atom. The second-order valence-electron chi connectivity index (χ2n) is 6.60. The van der Waals surface area contributed by atoms with Crippen molar-refractivity contribution in [3.8, 4) is 0 Å². The van der Waals surface area contributed by atoms with E-state index in [0.717, 1.165) is 18.4 Å². The minimum atomic E-state index is -0.124. The zero-order valence-corrected chi connectivity index (χ0v) is 14.8. The summed E-state index contributed by atoms with van der Waals surface area (Å²) in [5, 5.41) is 5.90. The molecule has 1 aliphatic rings. The lowest BCUT2D eigenvalue weighted by molar-refractivity contribution is -0.129. The Labute approximate surface area is 144 Å². The van der Waals surface area contributed by atoms with Gasteiger partial charge in [0.05, 0.1) is 0 Å². The highest BCUT2D eigenvalue weighted by Crippen LogP contribution is 2.17. The van der Waals surface area contributed by atoms with E-state index < -0.39 is 0 Å². The highest BCUT2D eigenvalue weighted by molar-refractivity contribution is 5.75. The maximum atomic E-state index is 11.9. The molecule has 1 aliphatic carbocycles. The summed E-state index contributed by atoms with van der Waals surface area (Å²) in [6, 6.07) is 8.23. The molecule has 0 bridgehead atoms. The molecular weight excluding hydrogens is 302 g/mol. The fraction of sp³-hybridized carbons (Fsp3) is 0.579. The Morgan fingerprint density at radius 3 is 2.54 bits per heavy atom. The molecule has 132 valence electrons. The molecule has 0 radical (unpaired) electrons. The van der Waals surface area contributed by atoms with Crippen molar-refractivity contribution >= 4 is 11.9 Å². The molecule has 5 heteroatoms. The van der Waals surface area contributed by atoms with Gasteiger partial charge in [0.15, 0.2) is 0 Å². The van der Waals surface area contributed by atoms with Crippen LogP contribution in [0.15, 0.2) is 24.3 Å². The Morgan fingerprint density at radius 2 is 1.88 bits per heavy atom. The molecule has 1 aromatic carbocycles. The van der Waals surface area contributed by atoms with Crippen LogP contribution in [0.3, 0.4) is 0 Å². The predicted molar refractivity (Wildman–Crippen MR) is 95.7 cm³/mol. The van der Waals surface area contributed by atoms with Crippen LogP contribution in [0, 0.1) is 6.92 Å². The highest BCUT2D eigenvalue weighted by Gasteiger charge is 2.16. The standard InChI is InChI=1S/C19H29N3O2/c1-15-8-6-7-9-17(15)14-22(16(2)23)13-12-20-19(24)21-18-10-4-3-5-11-18/h6-9,18H,3-5,10-14H2,1-2H3,(H2,20,21,24). The van der Waals surface area contributed by atoms with Gasteiger partial charge in [0.25, 0.3) is 0 Å². The second kappa shape index (κ2) is 9.30. The normalized spacial score (nSPS) is 14.9. The van der Waals surface area contributed by atoms with Crippen LogP contribution in [0.25, 0.3) is 0 Å². The van der Waals surface area contributed by atoms with E-state index >= 15 is 0 Å². The first kappa shape index (κ1) is 18.3. The number of hydrogen-bond donors (Lipinski definition) is 2. The van der Waals surface area contributed by atoms with E-state index in [2.05, 4.69) is 10.6 Å². The number of carbonyl (C=O) groups excluding carboxylic acids is 2. The molecule has 0 saturated heterocycles. The van der Waals surface area contributed by atoms with Crippen LogP contribution in [0.5, 0.6) is 0 Å². The summed E-state index contributed by atoms with van der Waals surface area (Å²) >= 11 is 0. The van der Waals surface area contributed by atoms with Gasteiger partial charge in [-0.1, -0.05) is 43.5 Å². The number of aryl methyl sites for hydroxylation is 1. The van der Waals surface area contributed by atoms with Crippen LogP contribution in [-0.4, -0.2) is 36.0 Å². The Kier molecular flexibility index (Phi) is 7.09. The third-order valence-corrected chi connectivity index (χ3v) is 4.68. The van der Waals surface area contributed by atoms with Crippen molar-refractivity contribution < 1.29 is 9.59 Å². The number of nitrogens with one attached hydrogen (secondary N) is 2.